The summed E-state index contributed by atoms with van der Waals surface area (Å²) in [5.74, 6) is -1.63. The van der Waals surface area contributed by atoms with Gasteiger partial charge in [-0.15, -0.1) is 0 Å². The van der Waals surface area contributed by atoms with Crippen molar-refractivity contribution in [2.45, 2.75) is 4.46 Å². The molecular formula is C3H6Cl2NO5P. The largest absolute Gasteiger partial charge is 0.478 e. The minimum atomic E-state index is -4.35. The Bertz CT molecular complexity index is 225. The Kier molecular flexibility index (Phi) is 3.96. The Labute approximate surface area is 77.6 Å². The van der Waals surface area contributed by atoms with Crippen molar-refractivity contribution in [2.24, 2.45) is 0 Å². The summed E-state index contributed by atoms with van der Waals surface area (Å²) in [6.07, 6.45) is -0.897. The summed E-state index contributed by atoms with van der Waals surface area (Å²) in [5, 5.41) is 10.0. The van der Waals surface area contributed by atoms with Gasteiger partial charge < -0.3 is 14.9 Å². The summed E-state index contributed by atoms with van der Waals surface area (Å²) in [4.78, 5) is 26.8. The number of nitrogens with one attached hydrogen (secondary N) is 1. The number of carbonyl (C=O) groups is 1. The second-order valence-corrected chi connectivity index (χ2v) is 4.85. The zero-order valence-electron chi connectivity index (χ0n) is 5.57. The number of alkyl halides is 2. The lowest BCUT2D eigenvalue weighted by Crippen LogP contribution is -2.42. The molecule has 0 rings (SSSR count). The van der Waals surface area contributed by atoms with E-state index in [0.29, 0.717) is 0 Å². The van der Waals surface area contributed by atoms with E-state index in [9.17, 15) is 9.36 Å². The van der Waals surface area contributed by atoms with Crippen LogP contribution in [0.3, 0.4) is 0 Å². The van der Waals surface area contributed by atoms with E-state index in [-0.39, 0.29) is 0 Å². The Hall–Kier alpha value is 0.160. The molecule has 0 unspecified atom stereocenters. The van der Waals surface area contributed by atoms with Gasteiger partial charge in [-0.1, -0.05) is 23.2 Å². The molecule has 6 nitrogen and oxygen atoms in total. The van der Waals surface area contributed by atoms with E-state index in [0.717, 1.165) is 0 Å². The molecule has 0 amide bonds. The molecule has 0 spiro atoms. The lowest BCUT2D eigenvalue weighted by atomic mass is 10.6. The van der Waals surface area contributed by atoms with Crippen LogP contribution in [0.15, 0.2) is 0 Å². The van der Waals surface area contributed by atoms with Gasteiger partial charge in [-0.05, 0) is 0 Å². The fourth-order valence-corrected chi connectivity index (χ4v) is 1.04. The summed E-state index contributed by atoms with van der Waals surface area (Å²) in [7, 11) is -4.35. The summed E-state index contributed by atoms with van der Waals surface area (Å²) in [6, 6.07) is 0. The number of rotatable bonds is 4. The van der Waals surface area contributed by atoms with Gasteiger partial charge >= 0.3 is 13.6 Å². The molecule has 0 atom stereocenters. The molecule has 0 aromatic carbocycles. The Balaban J connectivity index is 4.10. The highest BCUT2D eigenvalue weighted by Gasteiger charge is 2.34. The summed E-state index contributed by atoms with van der Waals surface area (Å²) >= 11 is 10.2. The normalized spacial score (nSPS) is 13.0. The van der Waals surface area contributed by atoms with Gasteiger partial charge in [-0.3, -0.25) is 9.88 Å². The molecule has 0 aromatic rings. The van der Waals surface area contributed by atoms with Crippen LogP contribution in [0.25, 0.3) is 0 Å². The second kappa shape index (κ2) is 3.91. The standard InChI is InChI=1S/C3H6Cl2NO5P/c4-3(5,2(7)8)6-1-12(9,10)11/h6H,1H2,(H,7,8)(H2,9,10,11). The van der Waals surface area contributed by atoms with Gasteiger partial charge in [0.2, 0.25) is 0 Å². The third kappa shape index (κ3) is 4.92. The number of aliphatic carboxylic acids is 1. The minimum absolute atomic E-state index is 0.897. The van der Waals surface area contributed by atoms with Gasteiger partial charge in [0, 0.05) is 0 Å². The van der Waals surface area contributed by atoms with E-state index in [4.69, 9.17) is 38.1 Å². The van der Waals surface area contributed by atoms with E-state index in [1.807, 2.05) is 0 Å². The van der Waals surface area contributed by atoms with Crippen molar-refractivity contribution in [3.63, 3.8) is 0 Å². The maximum absolute atomic E-state index is 10.2. The predicted molar refractivity (Wildman–Crippen MR) is 42.1 cm³/mol. The first kappa shape index (κ1) is 12.2. The topological polar surface area (TPSA) is 107 Å². The molecule has 72 valence electrons. The smallest absolute Gasteiger partial charge is 0.355 e. The quantitative estimate of drug-likeness (QED) is 0.310. The monoisotopic (exact) mass is 237 g/mol. The van der Waals surface area contributed by atoms with Crippen LogP contribution < -0.4 is 5.32 Å². The SMILES string of the molecule is O=C(O)C(Cl)(Cl)NCP(=O)(O)O. The number of carboxylic acid groups (broad SMARTS) is 1. The van der Waals surface area contributed by atoms with Crippen LogP contribution in [0.2, 0.25) is 0 Å². The third-order valence-electron chi connectivity index (χ3n) is 0.776. The number of hydrogen-bond acceptors (Lipinski definition) is 3. The molecule has 0 aliphatic carbocycles. The molecule has 0 saturated heterocycles. The van der Waals surface area contributed by atoms with Crippen molar-refractivity contribution in [2.75, 3.05) is 6.29 Å². The molecule has 0 saturated carbocycles. The Morgan fingerprint density at radius 1 is 1.50 bits per heavy atom. The molecule has 0 radical (unpaired) electrons. The van der Waals surface area contributed by atoms with Crippen LogP contribution >= 0.6 is 30.8 Å². The first-order chi connectivity index (χ1) is 5.15. The lowest BCUT2D eigenvalue weighted by Gasteiger charge is -2.15. The van der Waals surface area contributed by atoms with Gasteiger partial charge in [-0.2, -0.15) is 0 Å². The predicted octanol–water partition coefficient (Wildman–Crippen LogP) is -0.0728. The summed E-state index contributed by atoms with van der Waals surface area (Å²) < 4.78 is 7.85. The van der Waals surface area contributed by atoms with Crippen molar-refractivity contribution in [1.82, 2.24) is 5.32 Å². The maximum Gasteiger partial charge on any atom is 0.355 e. The second-order valence-electron chi connectivity index (χ2n) is 1.88. The zero-order chi connectivity index (χ0) is 9.99. The van der Waals surface area contributed by atoms with Crippen LogP contribution in [0.1, 0.15) is 0 Å². The molecule has 0 aromatic heterocycles. The number of hydrogen-bond donors (Lipinski definition) is 4. The van der Waals surface area contributed by atoms with Crippen molar-refractivity contribution in [3.8, 4) is 0 Å². The zero-order valence-corrected chi connectivity index (χ0v) is 7.97. The van der Waals surface area contributed by atoms with Crippen molar-refractivity contribution >= 4 is 36.8 Å². The molecule has 0 heterocycles. The summed E-state index contributed by atoms with van der Waals surface area (Å²) in [5.41, 5.74) is 0. The lowest BCUT2D eigenvalue weighted by molar-refractivity contribution is -0.138. The number of carboxylic acids is 1. The third-order valence-corrected chi connectivity index (χ3v) is 1.94. The minimum Gasteiger partial charge on any atom is -0.478 e. The van der Waals surface area contributed by atoms with E-state index in [2.05, 4.69) is 0 Å². The van der Waals surface area contributed by atoms with Gasteiger partial charge in [-0.25, -0.2) is 4.79 Å². The number of halogens is 2. The molecule has 0 fully saturated rings. The van der Waals surface area contributed by atoms with Gasteiger partial charge in [0.05, 0.1) is 0 Å². The first-order valence-corrected chi connectivity index (χ1v) is 5.11. The van der Waals surface area contributed by atoms with Crippen molar-refractivity contribution < 1.29 is 24.3 Å². The first-order valence-electron chi connectivity index (χ1n) is 2.56. The van der Waals surface area contributed by atoms with E-state index in [1.54, 1.807) is 5.32 Å². The fraction of sp³-hybridized carbons (Fsp3) is 0.667. The maximum atomic E-state index is 10.2. The van der Waals surface area contributed by atoms with Crippen molar-refractivity contribution in [1.29, 1.82) is 0 Å². The van der Waals surface area contributed by atoms with E-state index >= 15 is 0 Å². The molecule has 4 N–H and O–H groups in total. The average Bonchev–Trinajstić information content (AvgIpc) is 1.82. The van der Waals surface area contributed by atoms with Crippen LogP contribution in [-0.4, -0.2) is 31.6 Å². The van der Waals surface area contributed by atoms with Crippen LogP contribution in [0.4, 0.5) is 0 Å². The fourth-order valence-electron chi connectivity index (χ4n) is 0.278. The highest BCUT2D eigenvalue weighted by atomic mass is 35.5. The Morgan fingerprint density at radius 2 is 1.92 bits per heavy atom. The van der Waals surface area contributed by atoms with Gasteiger partial charge in [0.25, 0.3) is 4.46 Å². The van der Waals surface area contributed by atoms with Crippen LogP contribution in [0.5, 0.6) is 0 Å². The molecule has 9 heteroatoms. The Morgan fingerprint density at radius 3 is 2.17 bits per heavy atom. The van der Waals surface area contributed by atoms with Crippen LogP contribution in [-0.2, 0) is 9.36 Å². The average molecular weight is 238 g/mol. The molecule has 0 bridgehead atoms. The molecule has 12 heavy (non-hydrogen) atoms. The van der Waals surface area contributed by atoms with Crippen molar-refractivity contribution in [3.05, 3.63) is 0 Å². The summed E-state index contributed by atoms with van der Waals surface area (Å²) in [6.45, 7) is 0. The van der Waals surface area contributed by atoms with Gasteiger partial charge in [0.15, 0.2) is 0 Å². The van der Waals surface area contributed by atoms with Crippen LogP contribution in [0, 0.1) is 0 Å². The van der Waals surface area contributed by atoms with E-state index < -0.39 is 24.3 Å². The highest BCUT2D eigenvalue weighted by Crippen LogP contribution is 2.34. The highest BCUT2D eigenvalue weighted by molar-refractivity contribution is 7.51. The molecule has 0 aliphatic rings. The molecule has 0 aliphatic heterocycles. The van der Waals surface area contributed by atoms with Gasteiger partial charge in [0.1, 0.15) is 6.29 Å². The molecular weight excluding hydrogens is 232 g/mol. The van der Waals surface area contributed by atoms with E-state index in [1.165, 1.54) is 0 Å².